The van der Waals surface area contributed by atoms with Gasteiger partial charge in [-0.25, -0.2) is 0 Å². The van der Waals surface area contributed by atoms with Crippen molar-refractivity contribution >= 4 is 5.95 Å². The Morgan fingerprint density at radius 2 is 2.00 bits per heavy atom. The van der Waals surface area contributed by atoms with Crippen LogP contribution in [0.15, 0.2) is 4.52 Å². The number of anilines is 1. The fourth-order valence-electron chi connectivity index (χ4n) is 2.47. The molecule has 0 amide bonds. The molecule has 0 saturated heterocycles. The highest BCUT2D eigenvalue weighted by Gasteiger charge is 2.26. The summed E-state index contributed by atoms with van der Waals surface area (Å²) in [7, 11) is 3.86. The second-order valence-corrected chi connectivity index (χ2v) is 5.33. The molecule has 0 radical (unpaired) electrons. The van der Waals surface area contributed by atoms with Gasteiger partial charge in [0, 0.05) is 26.1 Å². The van der Waals surface area contributed by atoms with Crippen LogP contribution in [0.4, 0.5) is 5.95 Å². The lowest BCUT2D eigenvalue weighted by Crippen LogP contribution is -2.33. The van der Waals surface area contributed by atoms with E-state index in [1.807, 2.05) is 19.0 Å². The summed E-state index contributed by atoms with van der Waals surface area (Å²) in [6.07, 6.45) is 5.93. The Kier molecular flexibility index (Phi) is 4.58. The summed E-state index contributed by atoms with van der Waals surface area (Å²) < 4.78 is 5.36. The zero-order valence-electron chi connectivity index (χ0n) is 11.6. The van der Waals surface area contributed by atoms with Gasteiger partial charge in [-0.1, -0.05) is 6.92 Å². The van der Waals surface area contributed by atoms with E-state index >= 15 is 0 Å². The molecule has 1 fully saturated rings. The minimum Gasteiger partial charge on any atom is -0.344 e. The third-order valence-electron chi connectivity index (χ3n) is 3.59. The molecule has 0 unspecified atom stereocenters. The van der Waals surface area contributed by atoms with Crippen molar-refractivity contribution in [2.24, 2.45) is 0 Å². The second-order valence-electron chi connectivity index (χ2n) is 5.33. The SMILES string of the molecule is CCCNC1CCC(c2nc(N(C)C)no2)CC1. The Morgan fingerprint density at radius 1 is 1.28 bits per heavy atom. The van der Waals surface area contributed by atoms with Gasteiger partial charge in [-0.2, -0.15) is 4.98 Å². The third kappa shape index (κ3) is 3.22. The first-order chi connectivity index (χ1) is 8.70. The van der Waals surface area contributed by atoms with E-state index < -0.39 is 0 Å². The molecule has 2 rings (SSSR count). The van der Waals surface area contributed by atoms with Crippen LogP contribution < -0.4 is 10.2 Å². The number of hydrogen-bond acceptors (Lipinski definition) is 5. The Balaban J connectivity index is 1.85. The van der Waals surface area contributed by atoms with Crippen molar-refractivity contribution in [3.63, 3.8) is 0 Å². The summed E-state index contributed by atoms with van der Waals surface area (Å²) in [5.74, 6) is 1.94. The van der Waals surface area contributed by atoms with Crippen LogP contribution >= 0.6 is 0 Å². The minimum atomic E-state index is 0.450. The summed E-state index contributed by atoms with van der Waals surface area (Å²) in [5.41, 5.74) is 0. The van der Waals surface area contributed by atoms with Gasteiger partial charge in [0.1, 0.15) is 0 Å². The number of nitrogens with one attached hydrogen (secondary N) is 1. The van der Waals surface area contributed by atoms with Crippen molar-refractivity contribution < 1.29 is 4.52 Å². The number of rotatable bonds is 5. The molecule has 5 nitrogen and oxygen atoms in total. The van der Waals surface area contributed by atoms with E-state index in [1.165, 1.54) is 19.3 Å². The smallest absolute Gasteiger partial charge is 0.265 e. The highest BCUT2D eigenvalue weighted by molar-refractivity contribution is 5.24. The Morgan fingerprint density at radius 3 is 2.56 bits per heavy atom. The standard InChI is InChI=1S/C13H24N4O/c1-4-9-14-11-7-5-10(6-8-11)12-15-13(16-18-12)17(2)3/h10-11,14H,4-9H2,1-3H3. The first-order valence-corrected chi connectivity index (χ1v) is 6.95. The van der Waals surface area contributed by atoms with Crippen molar-refractivity contribution in [1.82, 2.24) is 15.5 Å². The van der Waals surface area contributed by atoms with Gasteiger partial charge >= 0.3 is 0 Å². The maximum atomic E-state index is 5.36. The zero-order valence-corrected chi connectivity index (χ0v) is 11.6. The van der Waals surface area contributed by atoms with Crippen LogP contribution in [-0.2, 0) is 0 Å². The molecule has 0 atom stereocenters. The van der Waals surface area contributed by atoms with Gasteiger partial charge in [-0.05, 0) is 43.8 Å². The van der Waals surface area contributed by atoms with Gasteiger partial charge in [0.05, 0.1) is 0 Å². The normalized spacial score (nSPS) is 24.2. The number of nitrogens with zero attached hydrogens (tertiary/aromatic N) is 3. The van der Waals surface area contributed by atoms with Crippen molar-refractivity contribution in [2.45, 2.75) is 51.0 Å². The fourth-order valence-corrected chi connectivity index (χ4v) is 2.47. The van der Waals surface area contributed by atoms with Crippen molar-refractivity contribution in [1.29, 1.82) is 0 Å². The monoisotopic (exact) mass is 252 g/mol. The van der Waals surface area contributed by atoms with Crippen molar-refractivity contribution in [2.75, 3.05) is 25.5 Å². The molecule has 5 heteroatoms. The molecule has 0 aliphatic heterocycles. The third-order valence-corrected chi connectivity index (χ3v) is 3.59. The van der Waals surface area contributed by atoms with Crippen LogP contribution in [0.25, 0.3) is 0 Å². The lowest BCUT2D eigenvalue weighted by atomic mass is 9.86. The molecule has 0 spiro atoms. The molecule has 1 aromatic rings. The van der Waals surface area contributed by atoms with Gasteiger partial charge in [0.25, 0.3) is 5.95 Å². The van der Waals surface area contributed by atoms with Crippen LogP contribution in [0.5, 0.6) is 0 Å². The van der Waals surface area contributed by atoms with Crippen LogP contribution in [0.1, 0.15) is 50.8 Å². The Hall–Kier alpha value is -1.10. The average molecular weight is 252 g/mol. The second kappa shape index (κ2) is 6.18. The molecule has 1 heterocycles. The van der Waals surface area contributed by atoms with Gasteiger partial charge in [-0.15, -0.1) is 0 Å². The van der Waals surface area contributed by atoms with Crippen molar-refractivity contribution in [3.8, 4) is 0 Å². The van der Waals surface area contributed by atoms with Gasteiger partial charge in [-0.3, -0.25) is 0 Å². The van der Waals surface area contributed by atoms with E-state index in [0.717, 1.165) is 25.3 Å². The summed E-state index contributed by atoms with van der Waals surface area (Å²) in [4.78, 5) is 6.32. The first-order valence-electron chi connectivity index (χ1n) is 6.95. The highest BCUT2D eigenvalue weighted by Crippen LogP contribution is 2.32. The van der Waals surface area contributed by atoms with Crippen LogP contribution in [0.2, 0.25) is 0 Å². The van der Waals surface area contributed by atoms with E-state index in [-0.39, 0.29) is 0 Å². The largest absolute Gasteiger partial charge is 0.344 e. The lowest BCUT2D eigenvalue weighted by Gasteiger charge is -2.27. The molecule has 1 saturated carbocycles. The van der Waals surface area contributed by atoms with Crippen LogP contribution in [0.3, 0.4) is 0 Å². The van der Waals surface area contributed by atoms with E-state index in [9.17, 15) is 0 Å². The van der Waals surface area contributed by atoms with Crippen molar-refractivity contribution in [3.05, 3.63) is 5.89 Å². The first kappa shape index (κ1) is 13.3. The molecule has 1 aliphatic carbocycles. The summed E-state index contributed by atoms with van der Waals surface area (Å²) in [5, 5.41) is 7.58. The molecule has 1 N–H and O–H groups in total. The topological polar surface area (TPSA) is 54.2 Å². The highest BCUT2D eigenvalue weighted by atomic mass is 16.5. The van der Waals surface area contributed by atoms with E-state index in [0.29, 0.717) is 17.9 Å². The summed E-state index contributed by atoms with van der Waals surface area (Å²) in [6.45, 7) is 3.33. The quantitative estimate of drug-likeness (QED) is 0.870. The Labute approximate surface area is 109 Å². The Bertz CT molecular complexity index is 356. The molecule has 0 bridgehead atoms. The maximum absolute atomic E-state index is 5.36. The molecule has 1 aromatic heterocycles. The predicted molar refractivity (Wildman–Crippen MR) is 71.9 cm³/mol. The van der Waals surface area contributed by atoms with Gasteiger partial charge in [0.15, 0.2) is 0 Å². The molecular formula is C13H24N4O. The minimum absolute atomic E-state index is 0.450. The van der Waals surface area contributed by atoms with Gasteiger partial charge in [0.2, 0.25) is 5.89 Å². The van der Waals surface area contributed by atoms with E-state index in [4.69, 9.17) is 4.52 Å². The number of aromatic nitrogens is 2. The zero-order chi connectivity index (χ0) is 13.0. The molecule has 1 aliphatic rings. The maximum Gasteiger partial charge on any atom is 0.265 e. The summed E-state index contributed by atoms with van der Waals surface area (Å²) >= 11 is 0. The predicted octanol–water partition coefficient (Wildman–Crippen LogP) is 2.16. The van der Waals surface area contributed by atoms with Crippen LogP contribution in [0, 0.1) is 0 Å². The number of hydrogen-bond donors (Lipinski definition) is 1. The van der Waals surface area contributed by atoms with E-state index in [1.54, 1.807) is 0 Å². The average Bonchev–Trinajstić information content (AvgIpc) is 2.87. The van der Waals surface area contributed by atoms with E-state index in [2.05, 4.69) is 22.4 Å². The van der Waals surface area contributed by atoms with Crippen LogP contribution in [-0.4, -0.2) is 36.8 Å². The molecular weight excluding hydrogens is 228 g/mol. The molecule has 102 valence electrons. The molecule has 18 heavy (non-hydrogen) atoms. The van der Waals surface area contributed by atoms with Gasteiger partial charge < -0.3 is 14.7 Å². The fraction of sp³-hybridized carbons (Fsp3) is 0.846. The molecule has 0 aromatic carbocycles. The summed E-state index contributed by atoms with van der Waals surface area (Å²) in [6, 6.07) is 0.678. The lowest BCUT2D eigenvalue weighted by molar-refractivity contribution is 0.283.